The van der Waals surface area contributed by atoms with Crippen LogP contribution in [0.5, 0.6) is 0 Å². The lowest BCUT2D eigenvalue weighted by molar-refractivity contribution is -0.249. The molecule has 2 aliphatic heterocycles. The number of pyridine rings is 1. The van der Waals surface area contributed by atoms with Crippen LogP contribution in [-0.4, -0.2) is 114 Å². The van der Waals surface area contributed by atoms with E-state index in [9.17, 15) is 19.5 Å². The van der Waals surface area contributed by atoms with E-state index in [0.717, 1.165) is 109 Å². The van der Waals surface area contributed by atoms with Crippen molar-refractivity contribution >= 4 is 61.8 Å². The van der Waals surface area contributed by atoms with Crippen molar-refractivity contribution in [1.29, 1.82) is 0 Å². The number of amides is 1. The standard InChI is InChI=1S/C49H60N10O5S/c1-31(60)12-15-40(61)57-19-17-56(18-20-57)21-22-64-49-27-46(4)24-47(5,28-49)26-48(25-46,29-49)30-59-33(3)36(23-50-59)35-13-14-39(52-41(35)44(62)63)58-16-8-9-34-32(2)42(54-55-43(34)58)53-45-51-37-10-6-7-11-38(37)65-45/h6-7,10-11,13-14,23H,8-9,12,15-22,24-30H2,1-5H3,(H,62,63)(H,51,53,54)/t46-,47+,48?,49?. The number of anilines is 4. The quantitative estimate of drug-likeness (QED) is 0.110. The molecule has 4 atom stereocenters. The van der Waals surface area contributed by atoms with Crippen molar-refractivity contribution in [3.63, 3.8) is 0 Å². The van der Waals surface area contributed by atoms with E-state index in [1.807, 2.05) is 60.2 Å². The topological polar surface area (TPSA) is 172 Å². The van der Waals surface area contributed by atoms with Crippen LogP contribution in [0.1, 0.15) is 106 Å². The molecule has 65 heavy (non-hydrogen) atoms. The highest BCUT2D eigenvalue weighted by molar-refractivity contribution is 7.22. The minimum absolute atomic E-state index is 0.000485. The molecule has 1 amide bonds. The highest BCUT2D eigenvalue weighted by Gasteiger charge is 2.66. The van der Waals surface area contributed by atoms with Gasteiger partial charge in [0.1, 0.15) is 11.6 Å². The van der Waals surface area contributed by atoms with E-state index in [-0.39, 0.29) is 39.2 Å². The zero-order chi connectivity index (χ0) is 45.3. The van der Waals surface area contributed by atoms with Crippen molar-refractivity contribution in [3.05, 3.63) is 65.1 Å². The van der Waals surface area contributed by atoms with Crippen LogP contribution in [0.25, 0.3) is 21.3 Å². The van der Waals surface area contributed by atoms with Gasteiger partial charge in [0.15, 0.2) is 22.5 Å². The number of ketones is 1. The average Bonchev–Trinajstić information content (AvgIpc) is 3.83. The van der Waals surface area contributed by atoms with Crippen molar-refractivity contribution in [3.8, 4) is 11.1 Å². The number of benzene rings is 1. The fourth-order valence-electron chi connectivity index (χ4n) is 13.3. The van der Waals surface area contributed by atoms with E-state index >= 15 is 0 Å². The maximum Gasteiger partial charge on any atom is 0.355 e. The first-order valence-corrected chi connectivity index (χ1v) is 24.1. The van der Waals surface area contributed by atoms with Crippen molar-refractivity contribution in [2.24, 2.45) is 16.2 Å². The van der Waals surface area contributed by atoms with Gasteiger partial charge in [-0.05, 0) is 113 Å². The lowest BCUT2D eigenvalue weighted by Crippen LogP contribution is -2.64. The smallest absolute Gasteiger partial charge is 0.355 e. The molecule has 1 aromatic carbocycles. The van der Waals surface area contributed by atoms with Gasteiger partial charge in [0.2, 0.25) is 5.91 Å². The molecule has 15 nitrogen and oxygen atoms in total. The van der Waals surface area contributed by atoms with Crippen LogP contribution in [0.3, 0.4) is 0 Å². The summed E-state index contributed by atoms with van der Waals surface area (Å²) in [5.41, 5.74) is 5.34. The number of nitrogens with one attached hydrogen (secondary N) is 1. The predicted molar refractivity (Wildman–Crippen MR) is 250 cm³/mol. The molecule has 16 heteroatoms. The molecule has 6 heterocycles. The predicted octanol–water partition coefficient (Wildman–Crippen LogP) is 8.14. The second-order valence-corrected chi connectivity index (χ2v) is 21.7. The summed E-state index contributed by atoms with van der Waals surface area (Å²) < 4.78 is 10.3. The van der Waals surface area contributed by atoms with Gasteiger partial charge in [-0.1, -0.05) is 37.3 Å². The highest BCUT2D eigenvalue weighted by Crippen LogP contribution is 2.72. The van der Waals surface area contributed by atoms with Gasteiger partial charge in [-0.25, -0.2) is 14.8 Å². The van der Waals surface area contributed by atoms with Crippen molar-refractivity contribution in [2.45, 2.75) is 111 Å². The summed E-state index contributed by atoms with van der Waals surface area (Å²) in [6.45, 7) is 16.4. The summed E-state index contributed by atoms with van der Waals surface area (Å²) in [6, 6.07) is 11.8. The first-order chi connectivity index (χ1) is 31.1. The molecule has 4 bridgehead atoms. The minimum Gasteiger partial charge on any atom is -0.476 e. The Labute approximate surface area is 384 Å². The van der Waals surface area contributed by atoms with E-state index in [0.29, 0.717) is 62.1 Å². The maximum atomic E-state index is 13.0. The van der Waals surface area contributed by atoms with E-state index in [1.54, 1.807) is 11.3 Å². The number of carbonyl (C=O) groups excluding carboxylic acids is 2. The number of para-hydroxylation sites is 1. The number of hydrogen-bond donors (Lipinski definition) is 2. The van der Waals surface area contributed by atoms with Crippen LogP contribution in [0.4, 0.5) is 22.6 Å². The number of carboxylic acid groups (broad SMARTS) is 1. The number of piperazine rings is 1. The second-order valence-electron chi connectivity index (χ2n) is 20.7. The molecule has 0 spiro atoms. The molecule has 2 N–H and O–H groups in total. The fraction of sp³-hybridized carbons (Fsp3) is 0.551. The molecule has 0 radical (unpaired) electrons. The second kappa shape index (κ2) is 16.5. The van der Waals surface area contributed by atoms with Crippen LogP contribution in [0.15, 0.2) is 42.6 Å². The first-order valence-electron chi connectivity index (χ1n) is 23.3. The maximum absolute atomic E-state index is 13.0. The van der Waals surface area contributed by atoms with Gasteiger partial charge in [-0.15, -0.1) is 10.2 Å². The number of ether oxygens (including phenoxy) is 1. The molecule has 4 aliphatic carbocycles. The van der Waals surface area contributed by atoms with Crippen LogP contribution >= 0.6 is 11.3 Å². The number of carbonyl (C=O) groups is 3. The van der Waals surface area contributed by atoms with Crippen molar-refractivity contribution < 1.29 is 24.2 Å². The van der Waals surface area contributed by atoms with Gasteiger partial charge < -0.3 is 29.8 Å². The van der Waals surface area contributed by atoms with Gasteiger partial charge in [0.25, 0.3) is 0 Å². The monoisotopic (exact) mass is 900 g/mol. The Morgan fingerprint density at radius 2 is 1.65 bits per heavy atom. The summed E-state index contributed by atoms with van der Waals surface area (Å²) in [7, 11) is 0. The minimum atomic E-state index is -1.09. The number of aromatic nitrogens is 6. The van der Waals surface area contributed by atoms with Crippen LogP contribution in [0, 0.1) is 30.1 Å². The Kier molecular flexibility index (Phi) is 11.1. The zero-order valence-electron chi connectivity index (χ0n) is 38.3. The molecular weight excluding hydrogens is 841 g/mol. The number of Topliss-reactive ketones (excluding diaryl/α,β-unsaturated/α-hetero) is 1. The highest BCUT2D eigenvalue weighted by atomic mass is 32.1. The van der Waals surface area contributed by atoms with Crippen LogP contribution < -0.4 is 10.2 Å². The summed E-state index contributed by atoms with van der Waals surface area (Å²) in [4.78, 5) is 52.8. The molecule has 11 rings (SSSR count). The summed E-state index contributed by atoms with van der Waals surface area (Å²) in [5, 5.41) is 29.0. The Balaban J connectivity index is 0.840. The largest absolute Gasteiger partial charge is 0.476 e. The van der Waals surface area contributed by atoms with E-state index in [2.05, 4.69) is 45.0 Å². The first kappa shape index (κ1) is 43.6. The third kappa shape index (κ3) is 8.41. The van der Waals surface area contributed by atoms with E-state index < -0.39 is 5.97 Å². The third-order valence-corrected chi connectivity index (χ3v) is 16.0. The molecule has 6 aliphatic rings. The molecule has 5 aromatic rings. The molecule has 4 saturated carbocycles. The fourth-order valence-corrected chi connectivity index (χ4v) is 14.2. The molecule has 4 aromatic heterocycles. The number of fused-ring (bicyclic) bond motifs is 2. The number of aromatic carboxylic acids is 1. The lowest BCUT2D eigenvalue weighted by Gasteiger charge is -2.69. The van der Waals surface area contributed by atoms with E-state index in [1.165, 1.54) is 13.3 Å². The number of carboxylic acids is 1. The Bertz CT molecular complexity index is 2640. The molecule has 2 unspecified atom stereocenters. The van der Waals surface area contributed by atoms with Gasteiger partial charge in [0, 0.05) is 86.6 Å². The van der Waals surface area contributed by atoms with Crippen molar-refractivity contribution in [1.82, 2.24) is 39.7 Å². The van der Waals surface area contributed by atoms with Gasteiger partial charge in [-0.3, -0.25) is 14.4 Å². The Hall–Kier alpha value is -5.32. The van der Waals surface area contributed by atoms with Crippen LogP contribution in [-0.2, 0) is 27.3 Å². The van der Waals surface area contributed by atoms with E-state index in [4.69, 9.17) is 19.8 Å². The Morgan fingerprint density at radius 1 is 0.877 bits per heavy atom. The van der Waals surface area contributed by atoms with Gasteiger partial charge >= 0.3 is 5.97 Å². The summed E-state index contributed by atoms with van der Waals surface area (Å²) in [6.07, 6.45) is 10.6. The molecule has 342 valence electrons. The van der Waals surface area contributed by atoms with Gasteiger partial charge in [0.05, 0.1) is 28.6 Å². The third-order valence-electron chi connectivity index (χ3n) is 15.0. The lowest BCUT2D eigenvalue weighted by atomic mass is 9.39. The average molecular weight is 901 g/mol. The number of rotatable bonds is 14. The van der Waals surface area contributed by atoms with Gasteiger partial charge in [-0.2, -0.15) is 5.10 Å². The molecule has 1 saturated heterocycles. The normalized spacial score (nSPS) is 26.2. The summed E-state index contributed by atoms with van der Waals surface area (Å²) >= 11 is 1.57. The number of thiazole rings is 1. The van der Waals surface area contributed by atoms with Crippen molar-refractivity contribution in [2.75, 3.05) is 56.1 Å². The number of nitrogens with zero attached hydrogens (tertiary/aromatic N) is 9. The van der Waals surface area contributed by atoms with Crippen LogP contribution in [0.2, 0.25) is 0 Å². The zero-order valence-corrected chi connectivity index (χ0v) is 39.1. The number of hydrogen-bond acceptors (Lipinski definition) is 13. The SMILES string of the molecule is CC(=O)CCC(=O)N1CCN(CCOC23CC4(Cn5ncc(-c6ccc(N7CCCc8c7nnc(Nc7nc9ccccc9s7)c8C)nc6C(=O)O)c5C)C[C@@](C)(C2)C[C@](C)(C4)C3)CC1. The molecule has 5 fully saturated rings. The Morgan fingerprint density at radius 3 is 2.38 bits per heavy atom. The molecular formula is C49H60N10O5S. The summed E-state index contributed by atoms with van der Waals surface area (Å²) in [5.74, 6) is 0.910.